The fraction of sp³-hybridized carbons (Fsp3) is 0.650. The first kappa shape index (κ1) is 24.4. The number of aliphatic imine (C=N–C) groups is 1. The zero-order valence-corrected chi connectivity index (χ0v) is 20.4. The molecule has 0 radical (unpaired) electrons. The largest absolute Gasteiger partial charge is 0.379 e. The standard InChI is InChI=1S/C20H34N4OS.HI/c1-20(2,3)18(25-5)15-23-19(21-4)22-14-16-6-8-17(9-7-16)24-10-12-26-13-11-24;/h6-9,18H,10-15H2,1-5H3,(H2,21,22,23);1H. The predicted octanol–water partition coefficient (Wildman–Crippen LogP) is 3.58. The number of benzene rings is 1. The normalized spacial score (nSPS) is 16.5. The third-order valence-electron chi connectivity index (χ3n) is 4.70. The molecule has 0 amide bonds. The van der Waals surface area contributed by atoms with E-state index in [0.29, 0.717) is 0 Å². The van der Waals surface area contributed by atoms with Crippen LogP contribution in [0.1, 0.15) is 26.3 Å². The van der Waals surface area contributed by atoms with Gasteiger partial charge in [-0.15, -0.1) is 24.0 Å². The number of nitrogens with one attached hydrogen (secondary N) is 2. The molecule has 0 spiro atoms. The molecule has 5 nitrogen and oxygen atoms in total. The van der Waals surface area contributed by atoms with Crippen molar-refractivity contribution in [1.29, 1.82) is 0 Å². The summed E-state index contributed by atoms with van der Waals surface area (Å²) in [6, 6.07) is 8.85. The Bertz CT molecular complexity index is 568. The van der Waals surface area contributed by atoms with Crippen molar-refractivity contribution >= 4 is 47.4 Å². The Morgan fingerprint density at radius 2 is 1.81 bits per heavy atom. The first-order valence-electron chi connectivity index (χ1n) is 9.33. The molecule has 0 aromatic heterocycles. The number of thioether (sulfide) groups is 1. The Kier molecular flexibility index (Phi) is 10.8. The molecule has 1 heterocycles. The Morgan fingerprint density at radius 3 is 2.33 bits per heavy atom. The molecule has 1 aromatic rings. The van der Waals surface area contributed by atoms with Crippen molar-refractivity contribution in [2.45, 2.75) is 33.4 Å². The number of hydrogen-bond acceptors (Lipinski definition) is 4. The number of nitrogens with zero attached hydrogens (tertiary/aromatic N) is 2. The van der Waals surface area contributed by atoms with Crippen LogP contribution in [0.4, 0.5) is 5.69 Å². The lowest BCUT2D eigenvalue weighted by molar-refractivity contribution is 0.0205. The highest BCUT2D eigenvalue weighted by Crippen LogP contribution is 2.21. The number of anilines is 1. The molecule has 1 fully saturated rings. The number of rotatable bonds is 6. The molecule has 154 valence electrons. The number of halogens is 1. The summed E-state index contributed by atoms with van der Waals surface area (Å²) in [6.45, 7) is 10.3. The minimum Gasteiger partial charge on any atom is -0.379 e. The summed E-state index contributed by atoms with van der Waals surface area (Å²) in [7, 11) is 3.56. The quantitative estimate of drug-likeness (QED) is 0.351. The van der Waals surface area contributed by atoms with Crippen molar-refractivity contribution in [2.75, 3.05) is 50.2 Å². The van der Waals surface area contributed by atoms with Crippen LogP contribution in [0.15, 0.2) is 29.3 Å². The van der Waals surface area contributed by atoms with Gasteiger partial charge in [0.25, 0.3) is 0 Å². The molecule has 1 aliphatic rings. The lowest BCUT2D eigenvalue weighted by atomic mass is 9.89. The first-order chi connectivity index (χ1) is 12.4. The van der Waals surface area contributed by atoms with Gasteiger partial charge < -0.3 is 20.3 Å². The van der Waals surface area contributed by atoms with Crippen molar-refractivity contribution in [2.24, 2.45) is 10.4 Å². The van der Waals surface area contributed by atoms with E-state index < -0.39 is 0 Å². The van der Waals surface area contributed by atoms with Crippen molar-refractivity contribution in [3.05, 3.63) is 29.8 Å². The number of ether oxygens (including phenoxy) is 1. The molecule has 7 heteroatoms. The van der Waals surface area contributed by atoms with Gasteiger partial charge in [0, 0.05) is 57.5 Å². The van der Waals surface area contributed by atoms with Crippen LogP contribution in [0.3, 0.4) is 0 Å². The second kappa shape index (κ2) is 12.0. The minimum absolute atomic E-state index is 0. The Balaban J connectivity index is 0.00000364. The van der Waals surface area contributed by atoms with Gasteiger partial charge in [-0.25, -0.2) is 0 Å². The first-order valence-corrected chi connectivity index (χ1v) is 10.5. The second-order valence-corrected chi connectivity index (χ2v) is 8.89. The summed E-state index contributed by atoms with van der Waals surface area (Å²) in [6.07, 6.45) is 0.128. The average molecular weight is 506 g/mol. The molecule has 27 heavy (non-hydrogen) atoms. The van der Waals surface area contributed by atoms with Crippen molar-refractivity contribution < 1.29 is 4.74 Å². The zero-order valence-electron chi connectivity index (χ0n) is 17.2. The third kappa shape index (κ3) is 8.07. The monoisotopic (exact) mass is 506 g/mol. The summed E-state index contributed by atoms with van der Waals surface area (Å²) in [4.78, 5) is 6.77. The Labute approximate surface area is 186 Å². The molecule has 1 unspecified atom stereocenters. The van der Waals surface area contributed by atoms with Crippen LogP contribution in [0.5, 0.6) is 0 Å². The fourth-order valence-corrected chi connectivity index (χ4v) is 3.89. The fourth-order valence-electron chi connectivity index (χ4n) is 2.99. The highest BCUT2D eigenvalue weighted by Gasteiger charge is 2.24. The van der Waals surface area contributed by atoms with Crippen LogP contribution in [0, 0.1) is 5.41 Å². The molecule has 2 rings (SSSR count). The molecule has 0 saturated carbocycles. The van der Waals surface area contributed by atoms with E-state index in [4.69, 9.17) is 4.74 Å². The minimum atomic E-state index is 0. The maximum absolute atomic E-state index is 5.59. The van der Waals surface area contributed by atoms with Crippen molar-refractivity contribution in [1.82, 2.24) is 10.6 Å². The topological polar surface area (TPSA) is 48.9 Å². The van der Waals surface area contributed by atoms with E-state index >= 15 is 0 Å². The van der Waals surface area contributed by atoms with E-state index in [1.54, 1.807) is 14.2 Å². The van der Waals surface area contributed by atoms with Crippen molar-refractivity contribution in [3.8, 4) is 0 Å². The van der Waals surface area contributed by atoms with Crippen LogP contribution in [0.2, 0.25) is 0 Å². The lowest BCUT2D eigenvalue weighted by Gasteiger charge is -2.30. The second-order valence-electron chi connectivity index (χ2n) is 7.66. The number of guanidine groups is 1. The van der Waals surface area contributed by atoms with E-state index in [1.165, 1.54) is 22.8 Å². The molecule has 1 aliphatic heterocycles. The SMILES string of the molecule is CN=C(NCc1ccc(N2CCSCC2)cc1)NCC(OC)C(C)(C)C.I. The molecule has 1 atom stereocenters. The molecule has 2 N–H and O–H groups in total. The number of methoxy groups -OCH3 is 1. The van der Waals surface area contributed by atoms with Gasteiger partial charge in [0.15, 0.2) is 5.96 Å². The van der Waals surface area contributed by atoms with E-state index in [9.17, 15) is 0 Å². The van der Waals surface area contributed by atoms with Crippen LogP contribution in [0.25, 0.3) is 0 Å². The third-order valence-corrected chi connectivity index (χ3v) is 5.64. The summed E-state index contributed by atoms with van der Waals surface area (Å²) in [5.41, 5.74) is 2.66. The summed E-state index contributed by atoms with van der Waals surface area (Å²) in [5.74, 6) is 3.25. The van der Waals surface area contributed by atoms with E-state index in [2.05, 4.69) is 65.6 Å². The summed E-state index contributed by atoms with van der Waals surface area (Å²) in [5, 5.41) is 6.75. The van der Waals surface area contributed by atoms with E-state index in [0.717, 1.165) is 32.1 Å². The molecule has 0 bridgehead atoms. The van der Waals surface area contributed by atoms with Gasteiger partial charge in [-0.2, -0.15) is 11.8 Å². The van der Waals surface area contributed by atoms with Gasteiger partial charge in [0.2, 0.25) is 0 Å². The zero-order chi connectivity index (χ0) is 19.0. The Hall–Kier alpha value is -0.670. The predicted molar refractivity (Wildman–Crippen MR) is 130 cm³/mol. The van der Waals surface area contributed by atoms with E-state index in [1.807, 2.05) is 11.8 Å². The molecular formula is C20H35IN4OS. The molecule has 1 aromatic carbocycles. The molecule has 1 saturated heterocycles. The van der Waals surface area contributed by atoms with Gasteiger partial charge in [0.1, 0.15) is 0 Å². The van der Waals surface area contributed by atoms with Crippen LogP contribution >= 0.6 is 35.7 Å². The molecular weight excluding hydrogens is 471 g/mol. The summed E-state index contributed by atoms with van der Waals surface area (Å²) >= 11 is 2.04. The smallest absolute Gasteiger partial charge is 0.191 e. The molecule has 0 aliphatic carbocycles. The Morgan fingerprint density at radius 1 is 1.19 bits per heavy atom. The van der Waals surface area contributed by atoms with Gasteiger partial charge >= 0.3 is 0 Å². The van der Waals surface area contributed by atoms with Gasteiger partial charge in [-0.3, -0.25) is 4.99 Å². The summed E-state index contributed by atoms with van der Waals surface area (Å²) < 4.78 is 5.59. The van der Waals surface area contributed by atoms with Crippen LogP contribution < -0.4 is 15.5 Å². The average Bonchev–Trinajstić information content (AvgIpc) is 2.65. The number of hydrogen-bond donors (Lipinski definition) is 2. The van der Waals surface area contributed by atoms with Crippen LogP contribution in [-0.4, -0.2) is 57.4 Å². The van der Waals surface area contributed by atoms with Crippen molar-refractivity contribution in [3.63, 3.8) is 0 Å². The maximum Gasteiger partial charge on any atom is 0.191 e. The van der Waals surface area contributed by atoms with Gasteiger partial charge in [-0.05, 0) is 23.1 Å². The van der Waals surface area contributed by atoms with Gasteiger partial charge in [0.05, 0.1) is 6.10 Å². The van der Waals surface area contributed by atoms with Crippen LogP contribution in [-0.2, 0) is 11.3 Å². The maximum atomic E-state index is 5.59. The highest BCUT2D eigenvalue weighted by atomic mass is 127. The van der Waals surface area contributed by atoms with Gasteiger partial charge in [-0.1, -0.05) is 32.9 Å². The van der Waals surface area contributed by atoms with E-state index in [-0.39, 0.29) is 35.5 Å². The lowest BCUT2D eigenvalue weighted by Crippen LogP contribution is -2.45. The highest BCUT2D eigenvalue weighted by molar-refractivity contribution is 14.0.